The normalized spacial score (nSPS) is 17.8. The molecular weight excluding hydrogens is 312 g/mol. The van der Waals surface area contributed by atoms with Crippen LogP contribution in [-0.4, -0.2) is 40.9 Å². The van der Waals surface area contributed by atoms with Gasteiger partial charge in [0.1, 0.15) is 15.7 Å². The Bertz CT molecular complexity index is 792. The van der Waals surface area contributed by atoms with Crippen LogP contribution < -0.4 is 5.32 Å². The number of pyridine rings is 1. The van der Waals surface area contributed by atoms with Gasteiger partial charge in [0.05, 0.1) is 11.5 Å². The van der Waals surface area contributed by atoms with Gasteiger partial charge in [0, 0.05) is 35.3 Å². The van der Waals surface area contributed by atoms with E-state index in [0.717, 1.165) is 22.6 Å². The molecule has 0 aliphatic carbocycles. The number of hydrogen-bond donors (Lipinski definition) is 1. The number of aromatic nitrogens is 3. The van der Waals surface area contributed by atoms with Gasteiger partial charge in [-0.15, -0.1) is 0 Å². The van der Waals surface area contributed by atoms with Crippen LogP contribution in [0.4, 0.5) is 5.82 Å². The number of sulfone groups is 1. The fraction of sp³-hybridized carbons (Fsp3) is 0.438. The van der Waals surface area contributed by atoms with Gasteiger partial charge in [-0.25, -0.2) is 18.4 Å². The molecule has 23 heavy (non-hydrogen) atoms. The van der Waals surface area contributed by atoms with E-state index in [1.165, 1.54) is 0 Å². The van der Waals surface area contributed by atoms with Crippen molar-refractivity contribution in [2.24, 2.45) is 0 Å². The second-order valence-corrected chi connectivity index (χ2v) is 8.22. The van der Waals surface area contributed by atoms with E-state index in [4.69, 9.17) is 0 Å². The summed E-state index contributed by atoms with van der Waals surface area (Å²) in [5.74, 6) is 1.89. The Morgan fingerprint density at radius 3 is 2.57 bits per heavy atom. The van der Waals surface area contributed by atoms with Gasteiger partial charge in [-0.05, 0) is 38.8 Å². The monoisotopic (exact) mass is 332 g/mol. The van der Waals surface area contributed by atoms with Crippen LogP contribution in [-0.2, 0) is 9.84 Å². The summed E-state index contributed by atoms with van der Waals surface area (Å²) in [6, 6.07) is 3.91. The summed E-state index contributed by atoms with van der Waals surface area (Å²) in [5, 5.41) is 3.40. The average molecular weight is 332 g/mol. The Hall–Kier alpha value is -2.02. The maximum atomic E-state index is 11.5. The lowest BCUT2D eigenvalue weighted by Gasteiger charge is -2.24. The van der Waals surface area contributed by atoms with Crippen LogP contribution in [0.1, 0.15) is 24.1 Å². The lowest BCUT2D eigenvalue weighted by Crippen LogP contribution is -2.32. The average Bonchev–Trinajstić information content (AvgIpc) is 2.54. The third-order valence-electron chi connectivity index (χ3n) is 4.20. The van der Waals surface area contributed by atoms with E-state index in [1.807, 2.05) is 26.0 Å². The third-order valence-corrected chi connectivity index (χ3v) is 5.92. The summed E-state index contributed by atoms with van der Waals surface area (Å²) in [7, 11) is -2.86. The van der Waals surface area contributed by atoms with E-state index in [0.29, 0.717) is 18.7 Å². The van der Waals surface area contributed by atoms with E-state index in [1.54, 1.807) is 12.4 Å². The Morgan fingerprint density at radius 1 is 1.17 bits per heavy atom. The quantitative estimate of drug-likeness (QED) is 0.927. The molecule has 0 atom stereocenters. The predicted molar refractivity (Wildman–Crippen MR) is 90.0 cm³/mol. The Labute approximate surface area is 136 Å². The molecule has 0 saturated carbocycles. The molecular formula is C16H20N4O2S. The highest BCUT2D eigenvalue weighted by Crippen LogP contribution is 2.24. The Morgan fingerprint density at radius 2 is 1.91 bits per heavy atom. The van der Waals surface area contributed by atoms with Gasteiger partial charge < -0.3 is 5.32 Å². The number of aryl methyl sites for hydroxylation is 1. The van der Waals surface area contributed by atoms with Crippen LogP contribution in [0.25, 0.3) is 11.4 Å². The SMILES string of the molecule is Cc1nc(-c2cccnc2)nc(NC2CCS(=O)(=O)CC2)c1C. The van der Waals surface area contributed by atoms with E-state index in [2.05, 4.69) is 20.3 Å². The topological polar surface area (TPSA) is 84.8 Å². The van der Waals surface area contributed by atoms with Gasteiger partial charge in [0.15, 0.2) is 5.82 Å². The largest absolute Gasteiger partial charge is 0.367 e. The molecule has 0 spiro atoms. The summed E-state index contributed by atoms with van der Waals surface area (Å²) in [5.41, 5.74) is 2.76. The molecule has 1 fully saturated rings. The molecule has 1 aliphatic heterocycles. The molecule has 2 aromatic heterocycles. The van der Waals surface area contributed by atoms with Gasteiger partial charge in [0.2, 0.25) is 0 Å². The first kappa shape index (κ1) is 15.9. The van der Waals surface area contributed by atoms with Crippen molar-refractivity contribution in [2.45, 2.75) is 32.7 Å². The van der Waals surface area contributed by atoms with E-state index >= 15 is 0 Å². The predicted octanol–water partition coefficient (Wildman–Crippen LogP) is 2.14. The first-order valence-corrected chi connectivity index (χ1v) is 9.49. The summed E-state index contributed by atoms with van der Waals surface area (Å²) in [6.07, 6.45) is 4.69. The van der Waals surface area contributed by atoms with Gasteiger partial charge in [0.25, 0.3) is 0 Å². The van der Waals surface area contributed by atoms with Gasteiger partial charge in [-0.1, -0.05) is 0 Å². The van der Waals surface area contributed by atoms with Crippen LogP contribution in [0.3, 0.4) is 0 Å². The van der Waals surface area contributed by atoms with Crippen molar-refractivity contribution in [1.29, 1.82) is 0 Å². The molecule has 0 bridgehead atoms. The number of rotatable bonds is 3. The second kappa shape index (κ2) is 6.23. The zero-order valence-corrected chi connectivity index (χ0v) is 14.1. The zero-order chi connectivity index (χ0) is 16.4. The zero-order valence-electron chi connectivity index (χ0n) is 13.3. The first-order chi connectivity index (χ1) is 10.9. The fourth-order valence-corrected chi connectivity index (χ4v) is 4.11. The molecule has 0 radical (unpaired) electrons. The molecule has 7 heteroatoms. The van der Waals surface area contributed by atoms with Crippen LogP contribution in [0.2, 0.25) is 0 Å². The number of nitrogens with zero attached hydrogens (tertiary/aromatic N) is 3. The van der Waals surface area contributed by atoms with Crippen molar-refractivity contribution in [1.82, 2.24) is 15.0 Å². The smallest absolute Gasteiger partial charge is 0.163 e. The van der Waals surface area contributed by atoms with E-state index in [-0.39, 0.29) is 17.5 Å². The number of nitrogens with one attached hydrogen (secondary N) is 1. The molecule has 1 saturated heterocycles. The first-order valence-electron chi connectivity index (χ1n) is 7.67. The molecule has 122 valence electrons. The lowest BCUT2D eigenvalue weighted by atomic mass is 10.1. The summed E-state index contributed by atoms with van der Waals surface area (Å²) in [6.45, 7) is 3.93. The fourth-order valence-electron chi connectivity index (χ4n) is 2.62. The van der Waals surface area contributed by atoms with Crippen LogP contribution in [0.5, 0.6) is 0 Å². The van der Waals surface area contributed by atoms with Gasteiger partial charge >= 0.3 is 0 Å². The molecule has 2 aromatic rings. The van der Waals surface area contributed by atoms with Crippen molar-refractivity contribution in [2.75, 3.05) is 16.8 Å². The van der Waals surface area contributed by atoms with Crippen LogP contribution in [0, 0.1) is 13.8 Å². The van der Waals surface area contributed by atoms with Crippen LogP contribution in [0.15, 0.2) is 24.5 Å². The van der Waals surface area contributed by atoms with E-state index < -0.39 is 9.84 Å². The molecule has 3 rings (SSSR count). The summed E-state index contributed by atoms with van der Waals surface area (Å²) < 4.78 is 23.1. The van der Waals surface area contributed by atoms with Crippen molar-refractivity contribution >= 4 is 15.7 Å². The molecule has 6 nitrogen and oxygen atoms in total. The molecule has 1 N–H and O–H groups in total. The molecule has 0 amide bonds. The van der Waals surface area contributed by atoms with Crippen LogP contribution >= 0.6 is 0 Å². The minimum Gasteiger partial charge on any atom is -0.367 e. The highest BCUT2D eigenvalue weighted by Gasteiger charge is 2.24. The number of anilines is 1. The molecule has 0 aromatic carbocycles. The molecule has 1 aliphatic rings. The minimum atomic E-state index is -2.86. The maximum absolute atomic E-state index is 11.5. The van der Waals surface area contributed by atoms with Crippen molar-refractivity contribution in [3.8, 4) is 11.4 Å². The molecule has 3 heterocycles. The second-order valence-electron chi connectivity index (χ2n) is 5.92. The molecule has 0 unspecified atom stereocenters. The van der Waals surface area contributed by atoms with Gasteiger partial charge in [-0.3, -0.25) is 4.98 Å². The van der Waals surface area contributed by atoms with Crippen molar-refractivity contribution in [3.63, 3.8) is 0 Å². The standard InChI is InChI=1S/C16H20N4O2S/c1-11-12(2)18-16(13-4-3-7-17-10-13)20-15(11)19-14-5-8-23(21,22)9-6-14/h3-4,7,10,14H,5-6,8-9H2,1-2H3,(H,18,19,20). The van der Waals surface area contributed by atoms with Crippen molar-refractivity contribution < 1.29 is 8.42 Å². The lowest BCUT2D eigenvalue weighted by molar-refractivity contribution is 0.559. The maximum Gasteiger partial charge on any atom is 0.163 e. The third kappa shape index (κ3) is 3.67. The Balaban J connectivity index is 1.86. The van der Waals surface area contributed by atoms with Crippen molar-refractivity contribution in [3.05, 3.63) is 35.8 Å². The summed E-state index contributed by atoms with van der Waals surface area (Å²) in [4.78, 5) is 13.3. The highest BCUT2D eigenvalue weighted by molar-refractivity contribution is 7.91. The van der Waals surface area contributed by atoms with E-state index in [9.17, 15) is 8.42 Å². The minimum absolute atomic E-state index is 0.133. The number of hydrogen-bond acceptors (Lipinski definition) is 6. The van der Waals surface area contributed by atoms with Gasteiger partial charge in [-0.2, -0.15) is 0 Å². The Kier molecular flexibility index (Phi) is 4.30. The highest BCUT2D eigenvalue weighted by atomic mass is 32.2. The summed E-state index contributed by atoms with van der Waals surface area (Å²) >= 11 is 0.